The monoisotopic (exact) mass is 301 g/mol. The van der Waals surface area contributed by atoms with E-state index in [0.29, 0.717) is 17.0 Å². The fourth-order valence-corrected chi connectivity index (χ4v) is 2.86. The highest BCUT2D eigenvalue weighted by Crippen LogP contribution is 2.22. The number of amides is 1. The topological polar surface area (TPSA) is 38.1 Å². The summed E-state index contributed by atoms with van der Waals surface area (Å²) < 4.78 is 15.7. The molecule has 1 aromatic carbocycles. The van der Waals surface area contributed by atoms with E-state index in [-0.39, 0.29) is 11.7 Å². The van der Waals surface area contributed by atoms with E-state index >= 15 is 0 Å². The summed E-state index contributed by atoms with van der Waals surface area (Å²) in [5.74, 6) is 1.11. The van der Waals surface area contributed by atoms with Crippen molar-refractivity contribution in [2.45, 2.75) is 26.8 Å². The Balaban J connectivity index is 1.58. The van der Waals surface area contributed by atoms with E-state index in [0.717, 1.165) is 31.9 Å². The van der Waals surface area contributed by atoms with Crippen molar-refractivity contribution in [1.29, 1.82) is 0 Å². The Morgan fingerprint density at radius 3 is 2.86 bits per heavy atom. The van der Waals surface area contributed by atoms with E-state index in [1.54, 1.807) is 24.0 Å². The Labute approximate surface area is 129 Å². The number of aryl methyl sites for hydroxylation is 2. The molecule has 0 unspecified atom stereocenters. The van der Waals surface area contributed by atoms with Crippen molar-refractivity contribution in [3.05, 3.63) is 53.4 Å². The molecule has 116 valence electrons. The van der Waals surface area contributed by atoms with E-state index in [4.69, 9.17) is 0 Å². The molecule has 4 nitrogen and oxygen atoms in total. The van der Waals surface area contributed by atoms with Crippen molar-refractivity contribution in [1.82, 2.24) is 14.5 Å². The number of likely N-dealkylation sites (tertiary alicyclic amines) is 1. The highest BCUT2D eigenvalue weighted by atomic mass is 19.1. The normalized spacial score (nSPS) is 15.0. The van der Waals surface area contributed by atoms with Crippen LogP contribution in [0.15, 0.2) is 30.6 Å². The third-order valence-corrected chi connectivity index (χ3v) is 4.24. The molecule has 1 aliphatic rings. The first-order valence-electron chi connectivity index (χ1n) is 7.64. The Kier molecular flexibility index (Phi) is 3.96. The number of imidazole rings is 1. The van der Waals surface area contributed by atoms with Crippen LogP contribution in [0.4, 0.5) is 4.39 Å². The predicted octanol–water partition coefficient (Wildman–Crippen LogP) is 2.67. The van der Waals surface area contributed by atoms with Crippen molar-refractivity contribution < 1.29 is 9.18 Å². The zero-order chi connectivity index (χ0) is 15.7. The quantitative estimate of drug-likeness (QED) is 0.871. The molecule has 1 aromatic heterocycles. The minimum Gasteiger partial charge on any atom is -0.338 e. The number of benzene rings is 1. The molecule has 1 amide bonds. The Hall–Kier alpha value is -2.17. The standard InChI is InChI=1S/C17H20FN3O/c1-3-16-19-6-7-20(16)9-13-10-21(11-13)17(22)14-5-4-12(2)15(18)8-14/h4-8,13H,3,9-11H2,1-2H3. The fraction of sp³-hybridized carbons (Fsp3) is 0.412. The summed E-state index contributed by atoms with van der Waals surface area (Å²) >= 11 is 0. The van der Waals surface area contributed by atoms with Crippen LogP contribution in [-0.2, 0) is 13.0 Å². The van der Waals surface area contributed by atoms with Crippen LogP contribution < -0.4 is 0 Å². The number of carbonyl (C=O) groups is 1. The Morgan fingerprint density at radius 2 is 2.18 bits per heavy atom. The van der Waals surface area contributed by atoms with Crippen LogP contribution in [0.3, 0.4) is 0 Å². The van der Waals surface area contributed by atoms with Crippen LogP contribution in [0.1, 0.15) is 28.7 Å². The maximum absolute atomic E-state index is 13.6. The van der Waals surface area contributed by atoms with Gasteiger partial charge in [-0.25, -0.2) is 9.37 Å². The molecular weight excluding hydrogens is 281 g/mol. The summed E-state index contributed by atoms with van der Waals surface area (Å²) in [6, 6.07) is 4.67. The van der Waals surface area contributed by atoms with Gasteiger partial charge in [-0.15, -0.1) is 0 Å². The number of hydrogen-bond donors (Lipinski definition) is 0. The summed E-state index contributed by atoms with van der Waals surface area (Å²) in [5, 5.41) is 0. The molecule has 2 aromatic rings. The van der Waals surface area contributed by atoms with Crippen LogP contribution in [0.25, 0.3) is 0 Å². The minimum atomic E-state index is -0.325. The average molecular weight is 301 g/mol. The Bertz CT molecular complexity index is 689. The molecule has 5 heteroatoms. The van der Waals surface area contributed by atoms with Crippen molar-refractivity contribution >= 4 is 5.91 Å². The van der Waals surface area contributed by atoms with Gasteiger partial charge in [0, 0.05) is 49.9 Å². The summed E-state index contributed by atoms with van der Waals surface area (Å²) in [4.78, 5) is 18.4. The zero-order valence-electron chi connectivity index (χ0n) is 12.9. The van der Waals surface area contributed by atoms with Crippen LogP contribution in [0, 0.1) is 18.7 Å². The second kappa shape index (κ2) is 5.91. The lowest BCUT2D eigenvalue weighted by Crippen LogP contribution is -2.51. The SMILES string of the molecule is CCc1nccn1CC1CN(C(=O)c2ccc(C)c(F)c2)C1. The predicted molar refractivity (Wildman–Crippen MR) is 82.1 cm³/mol. The molecule has 22 heavy (non-hydrogen) atoms. The summed E-state index contributed by atoms with van der Waals surface area (Å²) in [6.45, 7) is 6.10. The van der Waals surface area contributed by atoms with Gasteiger partial charge >= 0.3 is 0 Å². The number of nitrogens with zero attached hydrogens (tertiary/aromatic N) is 3. The maximum atomic E-state index is 13.6. The van der Waals surface area contributed by atoms with Crippen molar-refractivity contribution in [2.75, 3.05) is 13.1 Å². The van der Waals surface area contributed by atoms with Gasteiger partial charge in [-0.05, 0) is 24.6 Å². The van der Waals surface area contributed by atoms with E-state index in [9.17, 15) is 9.18 Å². The van der Waals surface area contributed by atoms with Crippen LogP contribution >= 0.6 is 0 Å². The summed E-state index contributed by atoms with van der Waals surface area (Å²) in [7, 11) is 0. The second-order valence-corrected chi connectivity index (χ2v) is 5.89. The lowest BCUT2D eigenvalue weighted by Gasteiger charge is -2.39. The Morgan fingerprint density at radius 1 is 1.41 bits per heavy atom. The highest BCUT2D eigenvalue weighted by Gasteiger charge is 2.31. The number of aromatic nitrogens is 2. The van der Waals surface area contributed by atoms with Gasteiger partial charge in [-0.2, -0.15) is 0 Å². The van der Waals surface area contributed by atoms with Crippen molar-refractivity contribution in [3.8, 4) is 0 Å². The summed E-state index contributed by atoms with van der Waals surface area (Å²) in [5.41, 5.74) is 0.990. The molecule has 0 spiro atoms. The second-order valence-electron chi connectivity index (χ2n) is 5.89. The van der Waals surface area contributed by atoms with E-state index in [1.165, 1.54) is 6.07 Å². The van der Waals surface area contributed by atoms with E-state index in [1.807, 2.05) is 12.4 Å². The van der Waals surface area contributed by atoms with Gasteiger partial charge in [0.25, 0.3) is 5.91 Å². The smallest absolute Gasteiger partial charge is 0.253 e. The molecule has 0 saturated carbocycles. The van der Waals surface area contributed by atoms with Gasteiger partial charge in [0.1, 0.15) is 11.6 Å². The molecule has 1 aliphatic heterocycles. The molecule has 2 heterocycles. The highest BCUT2D eigenvalue weighted by molar-refractivity contribution is 5.94. The van der Waals surface area contributed by atoms with Crippen LogP contribution in [0.5, 0.6) is 0 Å². The lowest BCUT2D eigenvalue weighted by molar-refractivity contribution is 0.0467. The molecule has 0 atom stereocenters. The van der Waals surface area contributed by atoms with Gasteiger partial charge in [-0.1, -0.05) is 13.0 Å². The summed E-state index contributed by atoms with van der Waals surface area (Å²) in [6.07, 6.45) is 4.71. The first-order chi connectivity index (χ1) is 10.6. The number of carbonyl (C=O) groups excluding carboxylic acids is 1. The molecule has 3 rings (SSSR count). The van der Waals surface area contributed by atoms with Crippen molar-refractivity contribution in [3.63, 3.8) is 0 Å². The minimum absolute atomic E-state index is 0.0866. The van der Waals surface area contributed by atoms with E-state index in [2.05, 4.69) is 16.5 Å². The van der Waals surface area contributed by atoms with Gasteiger partial charge < -0.3 is 9.47 Å². The zero-order valence-corrected chi connectivity index (χ0v) is 12.9. The third kappa shape index (κ3) is 2.75. The number of rotatable bonds is 4. The van der Waals surface area contributed by atoms with Crippen LogP contribution in [0.2, 0.25) is 0 Å². The molecule has 0 bridgehead atoms. The molecule has 0 radical (unpaired) electrons. The van der Waals surface area contributed by atoms with Gasteiger partial charge in [0.2, 0.25) is 0 Å². The molecule has 0 N–H and O–H groups in total. The van der Waals surface area contributed by atoms with Crippen molar-refractivity contribution in [2.24, 2.45) is 5.92 Å². The van der Waals surface area contributed by atoms with Gasteiger partial charge in [0.15, 0.2) is 0 Å². The van der Waals surface area contributed by atoms with Crippen LogP contribution in [-0.4, -0.2) is 33.4 Å². The van der Waals surface area contributed by atoms with Gasteiger partial charge in [0.05, 0.1) is 0 Å². The third-order valence-electron chi connectivity index (χ3n) is 4.24. The first kappa shape index (κ1) is 14.8. The molecular formula is C17H20FN3O. The first-order valence-corrected chi connectivity index (χ1v) is 7.64. The largest absolute Gasteiger partial charge is 0.338 e. The number of halogens is 1. The van der Waals surface area contributed by atoms with Gasteiger partial charge in [-0.3, -0.25) is 4.79 Å². The fourth-order valence-electron chi connectivity index (χ4n) is 2.86. The molecule has 0 aliphatic carbocycles. The average Bonchev–Trinajstić information content (AvgIpc) is 2.92. The maximum Gasteiger partial charge on any atom is 0.253 e. The lowest BCUT2D eigenvalue weighted by atomic mass is 9.98. The molecule has 1 fully saturated rings. The number of hydrogen-bond acceptors (Lipinski definition) is 2. The van der Waals surface area contributed by atoms with E-state index < -0.39 is 0 Å². The molecule has 1 saturated heterocycles.